The summed E-state index contributed by atoms with van der Waals surface area (Å²) < 4.78 is 6.28. The molecule has 0 aliphatic heterocycles. The molecule has 1 aromatic rings. The molecule has 0 unspecified atom stereocenters. The lowest BCUT2D eigenvalue weighted by Crippen LogP contribution is -2.35. The van der Waals surface area contributed by atoms with Crippen molar-refractivity contribution in [3.63, 3.8) is 0 Å². The fourth-order valence-corrected chi connectivity index (χ4v) is 2.36. The summed E-state index contributed by atoms with van der Waals surface area (Å²) in [6, 6.07) is 6.61. The number of hydrogen-bond donors (Lipinski definition) is 1. The average molecular weight is 343 g/mol. The molecule has 0 heterocycles. The molecule has 1 N–H and O–H groups in total. The molecule has 0 saturated carbocycles. The summed E-state index contributed by atoms with van der Waals surface area (Å²) in [5, 5.41) is 3.51. The standard InChI is InChI=1S/C16H27BrN2O/c1-16(2,3)18-11-13-6-7-14(15(17)10-13)12-19(4)8-9-20-5/h6-7,10,18H,8-9,11-12H2,1-5H3. The molecule has 0 amide bonds. The molecule has 114 valence electrons. The van der Waals surface area contributed by atoms with Crippen LogP contribution in [0.2, 0.25) is 0 Å². The van der Waals surface area contributed by atoms with Crippen molar-refractivity contribution in [3.8, 4) is 0 Å². The van der Waals surface area contributed by atoms with Crippen LogP contribution in [0.4, 0.5) is 0 Å². The van der Waals surface area contributed by atoms with E-state index in [1.165, 1.54) is 15.6 Å². The van der Waals surface area contributed by atoms with Crippen molar-refractivity contribution in [3.05, 3.63) is 33.8 Å². The van der Waals surface area contributed by atoms with E-state index in [1.807, 2.05) is 0 Å². The van der Waals surface area contributed by atoms with Gasteiger partial charge in [0.2, 0.25) is 0 Å². The molecule has 1 rings (SSSR count). The molecule has 3 nitrogen and oxygen atoms in total. The molecular formula is C16H27BrN2O. The molecule has 0 spiro atoms. The van der Waals surface area contributed by atoms with Crippen LogP contribution < -0.4 is 5.32 Å². The number of halogens is 1. The van der Waals surface area contributed by atoms with Gasteiger partial charge in [-0.05, 0) is 45.0 Å². The maximum atomic E-state index is 5.10. The maximum Gasteiger partial charge on any atom is 0.0589 e. The van der Waals surface area contributed by atoms with Crippen LogP contribution in [0.3, 0.4) is 0 Å². The van der Waals surface area contributed by atoms with Crippen LogP contribution in [0.5, 0.6) is 0 Å². The molecule has 0 aliphatic rings. The van der Waals surface area contributed by atoms with Gasteiger partial charge in [0, 0.05) is 36.8 Å². The van der Waals surface area contributed by atoms with E-state index in [0.717, 1.165) is 26.2 Å². The van der Waals surface area contributed by atoms with E-state index >= 15 is 0 Å². The van der Waals surface area contributed by atoms with E-state index in [1.54, 1.807) is 7.11 Å². The Bertz CT molecular complexity index is 415. The number of nitrogens with zero attached hydrogens (tertiary/aromatic N) is 1. The fourth-order valence-electron chi connectivity index (χ4n) is 1.81. The van der Waals surface area contributed by atoms with E-state index in [9.17, 15) is 0 Å². The number of likely N-dealkylation sites (N-methyl/N-ethyl adjacent to an activating group) is 1. The molecule has 1 aromatic carbocycles. The van der Waals surface area contributed by atoms with Crippen molar-refractivity contribution in [1.82, 2.24) is 10.2 Å². The Labute approximate surface area is 131 Å². The number of hydrogen-bond acceptors (Lipinski definition) is 3. The first kappa shape index (κ1) is 17.6. The third kappa shape index (κ3) is 6.84. The Kier molecular flexibility index (Phi) is 7.17. The van der Waals surface area contributed by atoms with Crippen LogP contribution >= 0.6 is 15.9 Å². The van der Waals surface area contributed by atoms with Crippen molar-refractivity contribution in [1.29, 1.82) is 0 Å². The normalized spacial score (nSPS) is 12.2. The Balaban J connectivity index is 2.59. The number of nitrogens with one attached hydrogen (secondary N) is 1. The van der Waals surface area contributed by atoms with Gasteiger partial charge in [0.05, 0.1) is 6.61 Å². The van der Waals surface area contributed by atoms with E-state index in [4.69, 9.17) is 4.74 Å². The third-order valence-corrected chi connectivity index (χ3v) is 3.80. The van der Waals surface area contributed by atoms with Crippen molar-refractivity contribution in [2.75, 3.05) is 27.3 Å². The summed E-state index contributed by atoms with van der Waals surface area (Å²) in [4.78, 5) is 2.26. The summed E-state index contributed by atoms with van der Waals surface area (Å²) in [7, 11) is 3.85. The molecule has 0 bridgehead atoms. The Morgan fingerprint density at radius 2 is 2.00 bits per heavy atom. The second kappa shape index (κ2) is 8.13. The average Bonchev–Trinajstić information content (AvgIpc) is 2.36. The van der Waals surface area contributed by atoms with E-state index in [-0.39, 0.29) is 5.54 Å². The maximum absolute atomic E-state index is 5.10. The van der Waals surface area contributed by atoms with Crippen molar-refractivity contribution in [2.45, 2.75) is 39.4 Å². The van der Waals surface area contributed by atoms with E-state index in [0.29, 0.717) is 0 Å². The topological polar surface area (TPSA) is 24.5 Å². The van der Waals surface area contributed by atoms with Gasteiger partial charge in [0.15, 0.2) is 0 Å². The van der Waals surface area contributed by atoms with Crippen molar-refractivity contribution >= 4 is 15.9 Å². The van der Waals surface area contributed by atoms with Crippen LogP contribution in [-0.4, -0.2) is 37.7 Å². The van der Waals surface area contributed by atoms with Gasteiger partial charge in [0.1, 0.15) is 0 Å². The molecule has 4 heteroatoms. The van der Waals surface area contributed by atoms with Crippen LogP contribution in [0, 0.1) is 0 Å². The van der Waals surface area contributed by atoms with Crippen molar-refractivity contribution < 1.29 is 4.74 Å². The molecule has 0 aliphatic carbocycles. The Morgan fingerprint density at radius 3 is 2.55 bits per heavy atom. The van der Waals surface area contributed by atoms with Crippen LogP contribution in [0.25, 0.3) is 0 Å². The lowest BCUT2D eigenvalue weighted by atomic mass is 10.1. The zero-order valence-electron chi connectivity index (χ0n) is 13.3. The van der Waals surface area contributed by atoms with Crippen LogP contribution in [0.1, 0.15) is 31.9 Å². The zero-order valence-corrected chi connectivity index (χ0v) is 14.9. The highest BCUT2D eigenvalue weighted by molar-refractivity contribution is 9.10. The Morgan fingerprint density at radius 1 is 1.30 bits per heavy atom. The minimum atomic E-state index is 0.144. The second-order valence-electron chi connectivity index (χ2n) is 6.26. The first-order valence-corrected chi connectivity index (χ1v) is 7.81. The van der Waals surface area contributed by atoms with E-state index in [2.05, 4.69) is 72.2 Å². The summed E-state index contributed by atoms with van der Waals surface area (Å²) in [5.41, 5.74) is 2.75. The molecule has 0 aromatic heterocycles. The molecule has 0 atom stereocenters. The number of benzene rings is 1. The SMILES string of the molecule is COCCN(C)Cc1ccc(CNC(C)(C)C)cc1Br. The second-order valence-corrected chi connectivity index (χ2v) is 7.11. The summed E-state index contributed by atoms with van der Waals surface area (Å²) in [5.74, 6) is 0. The predicted molar refractivity (Wildman–Crippen MR) is 88.9 cm³/mol. The quantitative estimate of drug-likeness (QED) is 0.821. The zero-order chi connectivity index (χ0) is 15.2. The van der Waals surface area contributed by atoms with Gasteiger partial charge in [-0.25, -0.2) is 0 Å². The van der Waals surface area contributed by atoms with Crippen molar-refractivity contribution in [2.24, 2.45) is 0 Å². The van der Waals surface area contributed by atoms with Crippen LogP contribution in [0.15, 0.2) is 22.7 Å². The van der Waals surface area contributed by atoms with E-state index < -0.39 is 0 Å². The fraction of sp³-hybridized carbons (Fsp3) is 0.625. The van der Waals surface area contributed by atoms with Gasteiger partial charge >= 0.3 is 0 Å². The lowest BCUT2D eigenvalue weighted by Gasteiger charge is -2.21. The monoisotopic (exact) mass is 342 g/mol. The highest BCUT2D eigenvalue weighted by Gasteiger charge is 2.10. The predicted octanol–water partition coefficient (Wildman–Crippen LogP) is 3.42. The summed E-state index contributed by atoms with van der Waals surface area (Å²) >= 11 is 3.68. The molecule has 0 saturated heterocycles. The highest BCUT2D eigenvalue weighted by atomic mass is 79.9. The number of rotatable bonds is 7. The molecule has 20 heavy (non-hydrogen) atoms. The molecule has 0 fully saturated rings. The Hall–Kier alpha value is -0.420. The van der Waals surface area contributed by atoms with Gasteiger partial charge in [-0.3, -0.25) is 4.90 Å². The van der Waals surface area contributed by atoms with Gasteiger partial charge in [-0.1, -0.05) is 28.1 Å². The number of ether oxygens (including phenoxy) is 1. The van der Waals surface area contributed by atoms with Crippen LogP contribution in [-0.2, 0) is 17.8 Å². The largest absolute Gasteiger partial charge is 0.383 e. The number of methoxy groups -OCH3 is 1. The first-order chi connectivity index (χ1) is 9.31. The van der Waals surface area contributed by atoms with Gasteiger partial charge in [0.25, 0.3) is 0 Å². The first-order valence-electron chi connectivity index (χ1n) is 7.01. The van der Waals surface area contributed by atoms with Gasteiger partial charge in [-0.2, -0.15) is 0 Å². The summed E-state index contributed by atoms with van der Waals surface area (Å²) in [6.07, 6.45) is 0. The third-order valence-electron chi connectivity index (χ3n) is 3.06. The minimum absolute atomic E-state index is 0.144. The van der Waals surface area contributed by atoms with Gasteiger partial charge in [-0.15, -0.1) is 0 Å². The highest BCUT2D eigenvalue weighted by Crippen LogP contribution is 2.20. The summed E-state index contributed by atoms with van der Waals surface area (Å²) in [6.45, 7) is 10.1. The molecule has 0 radical (unpaired) electrons. The minimum Gasteiger partial charge on any atom is -0.383 e. The smallest absolute Gasteiger partial charge is 0.0589 e. The van der Waals surface area contributed by atoms with Gasteiger partial charge < -0.3 is 10.1 Å². The lowest BCUT2D eigenvalue weighted by molar-refractivity contribution is 0.158. The molecular weight excluding hydrogens is 316 g/mol.